The summed E-state index contributed by atoms with van der Waals surface area (Å²) < 4.78 is 11.2. The van der Waals surface area contributed by atoms with Gasteiger partial charge in [-0.3, -0.25) is 4.79 Å². The summed E-state index contributed by atoms with van der Waals surface area (Å²) in [5, 5.41) is 12.8. The molecule has 7 heteroatoms. The molecule has 0 bridgehead atoms. The van der Waals surface area contributed by atoms with Gasteiger partial charge in [-0.25, -0.2) is 9.59 Å². The van der Waals surface area contributed by atoms with E-state index in [9.17, 15) is 19.5 Å². The maximum atomic E-state index is 12.3. The third-order valence-corrected chi connectivity index (χ3v) is 5.62. The molecule has 160 valence electrons. The lowest BCUT2D eigenvalue weighted by Crippen LogP contribution is -2.44. The Bertz CT molecular complexity index is 1200. The average molecular weight is 421 g/mol. The van der Waals surface area contributed by atoms with Crippen molar-refractivity contribution in [3.8, 4) is 5.75 Å². The number of carbonyl (C=O) groups excluding carboxylic acids is 1. The number of carboxylic acids is 1. The number of ether oxygens (including phenoxy) is 1. The van der Waals surface area contributed by atoms with Gasteiger partial charge in [0, 0.05) is 22.9 Å². The van der Waals surface area contributed by atoms with E-state index in [1.165, 1.54) is 0 Å². The summed E-state index contributed by atoms with van der Waals surface area (Å²) in [6.45, 7) is 1.43. The number of hydrogen-bond acceptors (Lipinski definition) is 5. The van der Waals surface area contributed by atoms with Gasteiger partial charge < -0.3 is 19.6 Å². The fourth-order valence-electron chi connectivity index (χ4n) is 4.05. The van der Waals surface area contributed by atoms with Gasteiger partial charge in [0.25, 0.3) is 5.91 Å². The Labute approximate surface area is 178 Å². The minimum Gasteiger partial charge on any atom is -0.483 e. The van der Waals surface area contributed by atoms with Crippen LogP contribution >= 0.6 is 0 Å². The van der Waals surface area contributed by atoms with E-state index in [4.69, 9.17) is 9.15 Å². The number of benzene rings is 2. The molecule has 31 heavy (non-hydrogen) atoms. The third kappa shape index (κ3) is 4.30. The van der Waals surface area contributed by atoms with Crippen LogP contribution in [-0.2, 0) is 28.9 Å². The SMILES string of the molecule is Cc1c(OCC(=O)N[C@@H](Cc2ccccc2)C(=O)O)ccc2c3c(c(=O)oc12)CCC3. The first kappa shape index (κ1) is 20.7. The molecule has 1 aromatic heterocycles. The van der Waals surface area contributed by atoms with Crippen LogP contribution in [0.15, 0.2) is 51.7 Å². The van der Waals surface area contributed by atoms with E-state index in [-0.39, 0.29) is 18.7 Å². The molecule has 0 unspecified atom stereocenters. The van der Waals surface area contributed by atoms with Crippen molar-refractivity contribution in [1.29, 1.82) is 0 Å². The molecule has 0 saturated heterocycles. The van der Waals surface area contributed by atoms with E-state index in [1.54, 1.807) is 13.0 Å². The van der Waals surface area contributed by atoms with E-state index >= 15 is 0 Å². The van der Waals surface area contributed by atoms with Crippen LogP contribution < -0.4 is 15.7 Å². The van der Waals surface area contributed by atoms with Gasteiger partial charge >= 0.3 is 11.6 Å². The van der Waals surface area contributed by atoms with Crippen molar-refractivity contribution in [2.75, 3.05) is 6.61 Å². The van der Waals surface area contributed by atoms with Crippen molar-refractivity contribution in [2.24, 2.45) is 0 Å². The van der Waals surface area contributed by atoms with Gasteiger partial charge in [0.05, 0.1) is 0 Å². The molecule has 0 radical (unpaired) electrons. The van der Waals surface area contributed by atoms with E-state index in [0.29, 0.717) is 16.9 Å². The number of carboxylic acid groups (broad SMARTS) is 1. The van der Waals surface area contributed by atoms with Crippen LogP contribution in [0.4, 0.5) is 0 Å². The molecule has 0 aliphatic heterocycles. The number of rotatable bonds is 7. The van der Waals surface area contributed by atoms with Crippen LogP contribution in [0.25, 0.3) is 11.0 Å². The normalized spacial score (nSPS) is 13.6. The summed E-state index contributed by atoms with van der Waals surface area (Å²) in [4.78, 5) is 36.1. The van der Waals surface area contributed by atoms with E-state index in [2.05, 4.69) is 5.32 Å². The van der Waals surface area contributed by atoms with Gasteiger partial charge in [0.15, 0.2) is 6.61 Å². The molecule has 7 nitrogen and oxygen atoms in total. The van der Waals surface area contributed by atoms with Crippen molar-refractivity contribution >= 4 is 22.8 Å². The summed E-state index contributed by atoms with van der Waals surface area (Å²) in [6, 6.07) is 11.6. The smallest absolute Gasteiger partial charge is 0.339 e. The average Bonchev–Trinajstić information content (AvgIpc) is 3.25. The highest BCUT2D eigenvalue weighted by Gasteiger charge is 2.23. The molecule has 1 heterocycles. The first-order valence-corrected chi connectivity index (χ1v) is 10.2. The first-order valence-electron chi connectivity index (χ1n) is 10.2. The molecular formula is C24H23NO6. The Morgan fingerprint density at radius 2 is 1.87 bits per heavy atom. The lowest BCUT2D eigenvalue weighted by molar-refractivity contribution is -0.142. The fourth-order valence-corrected chi connectivity index (χ4v) is 4.05. The quantitative estimate of drug-likeness (QED) is 0.569. The van der Waals surface area contributed by atoms with Crippen LogP contribution in [-0.4, -0.2) is 29.6 Å². The largest absolute Gasteiger partial charge is 0.483 e. The Hall–Kier alpha value is -3.61. The second-order valence-corrected chi connectivity index (χ2v) is 7.70. The molecule has 0 saturated carbocycles. The lowest BCUT2D eigenvalue weighted by Gasteiger charge is -2.16. The van der Waals surface area contributed by atoms with Crippen LogP contribution in [0, 0.1) is 6.92 Å². The van der Waals surface area contributed by atoms with Crippen molar-refractivity contribution in [1.82, 2.24) is 5.32 Å². The molecule has 1 atom stereocenters. The standard InChI is InChI=1S/C24H23NO6/c1-14-20(11-10-17-16-8-5-9-18(16)24(29)31-22(14)17)30-13-21(26)25-19(23(27)28)12-15-6-3-2-4-7-15/h2-4,6-7,10-11,19H,5,8-9,12-13H2,1H3,(H,25,26)(H,27,28)/t19-/m0/s1. The van der Waals surface area contributed by atoms with Crippen LogP contribution in [0.1, 0.15) is 28.7 Å². The molecular weight excluding hydrogens is 398 g/mol. The number of carbonyl (C=O) groups is 2. The van der Waals surface area contributed by atoms with Gasteiger partial charge in [-0.15, -0.1) is 0 Å². The summed E-state index contributed by atoms with van der Waals surface area (Å²) in [5.74, 6) is -1.24. The topological polar surface area (TPSA) is 106 Å². The molecule has 1 aliphatic rings. The predicted octanol–water partition coefficient (Wildman–Crippen LogP) is 2.78. The maximum absolute atomic E-state index is 12.3. The summed E-state index contributed by atoms with van der Waals surface area (Å²) >= 11 is 0. The zero-order valence-electron chi connectivity index (χ0n) is 17.1. The molecule has 1 aliphatic carbocycles. The number of aliphatic carboxylic acids is 1. The predicted molar refractivity (Wildman–Crippen MR) is 114 cm³/mol. The first-order chi connectivity index (χ1) is 14.9. The van der Waals surface area contributed by atoms with Crippen molar-refractivity contribution in [2.45, 2.75) is 38.6 Å². The van der Waals surface area contributed by atoms with Crippen LogP contribution in [0.3, 0.4) is 0 Å². The van der Waals surface area contributed by atoms with Gasteiger partial charge in [0.1, 0.15) is 17.4 Å². The van der Waals surface area contributed by atoms with Crippen molar-refractivity contribution < 1.29 is 23.8 Å². The van der Waals surface area contributed by atoms with Gasteiger partial charge in [-0.1, -0.05) is 30.3 Å². The number of hydrogen-bond donors (Lipinski definition) is 2. The second-order valence-electron chi connectivity index (χ2n) is 7.70. The number of aryl methyl sites for hydroxylation is 2. The molecule has 2 N–H and O–H groups in total. The monoisotopic (exact) mass is 421 g/mol. The highest BCUT2D eigenvalue weighted by molar-refractivity contribution is 5.87. The van der Waals surface area contributed by atoms with Gasteiger partial charge in [-0.05, 0) is 49.4 Å². The minimum absolute atomic E-state index is 0.174. The molecule has 2 aromatic carbocycles. The second kappa shape index (κ2) is 8.63. The Morgan fingerprint density at radius 1 is 1.13 bits per heavy atom. The van der Waals surface area contributed by atoms with E-state index < -0.39 is 17.9 Å². The number of amides is 1. The van der Waals surface area contributed by atoms with E-state index in [0.717, 1.165) is 41.3 Å². The van der Waals surface area contributed by atoms with Crippen LogP contribution in [0.2, 0.25) is 0 Å². The van der Waals surface area contributed by atoms with Crippen molar-refractivity contribution in [3.63, 3.8) is 0 Å². The van der Waals surface area contributed by atoms with Gasteiger partial charge in [-0.2, -0.15) is 0 Å². The Balaban J connectivity index is 1.46. The molecule has 0 spiro atoms. The Morgan fingerprint density at radius 3 is 2.61 bits per heavy atom. The number of fused-ring (bicyclic) bond motifs is 3. The third-order valence-electron chi connectivity index (χ3n) is 5.62. The summed E-state index contributed by atoms with van der Waals surface area (Å²) in [5.41, 5.74) is 3.38. The highest BCUT2D eigenvalue weighted by atomic mass is 16.5. The summed E-state index contributed by atoms with van der Waals surface area (Å²) in [6.07, 6.45) is 2.69. The minimum atomic E-state index is -1.12. The molecule has 0 fully saturated rings. The zero-order chi connectivity index (χ0) is 22.0. The Kier molecular flexibility index (Phi) is 5.75. The zero-order valence-corrected chi connectivity index (χ0v) is 17.1. The maximum Gasteiger partial charge on any atom is 0.339 e. The van der Waals surface area contributed by atoms with E-state index in [1.807, 2.05) is 36.4 Å². The molecule has 4 rings (SSSR count). The lowest BCUT2D eigenvalue weighted by atomic mass is 10.0. The summed E-state index contributed by atoms with van der Waals surface area (Å²) in [7, 11) is 0. The number of nitrogens with one attached hydrogen (secondary N) is 1. The molecule has 1 amide bonds. The van der Waals surface area contributed by atoms with Gasteiger partial charge in [0.2, 0.25) is 0 Å². The molecule has 3 aromatic rings. The van der Waals surface area contributed by atoms with Crippen molar-refractivity contribution in [3.05, 3.63) is 75.1 Å². The van der Waals surface area contributed by atoms with Crippen LogP contribution in [0.5, 0.6) is 5.75 Å². The highest BCUT2D eigenvalue weighted by Crippen LogP contribution is 2.32. The fraction of sp³-hybridized carbons (Fsp3) is 0.292.